The number of tetrazole rings is 1. The maximum absolute atomic E-state index is 13.0. The lowest BCUT2D eigenvalue weighted by Gasteiger charge is -2.27. The maximum atomic E-state index is 13.0. The van der Waals surface area contributed by atoms with Gasteiger partial charge in [0.1, 0.15) is 13.2 Å². The van der Waals surface area contributed by atoms with Crippen molar-refractivity contribution < 1.29 is 14.3 Å². The number of rotatable bonds is 6. The minimum Gasteiger partial charge on any atom is -0.486 e. The number of nitrogens with zero attached hydrogens (tertiary/aromatic N) is 5. The van der Waals surface area contributed by atoms with E-state index in [1.807, 2.05) is 74.5 Å². The molecule has 0 N–H and O–H groups in total. The Kier molecular flexibility index (Phi) is 5.18. The Labute approximate surface area is 185 Å². The molecular weight excluding hydrogens is 406 g/mol. The zero-order valence-corrected chi connectivity index (χ0v) is 17.9. The van der Waals surface area contributed by atoms with E-state index >= 15 is 0 Å². The highest BCUT2D eigenvalue weighted by Gasteiger charge is 2.24. The van der Waals surface area contributed by atoms with Crippen LogP contribution in [0.5, 0.6) is 11.5 Å². The van der Waals surface area contributed by atoms with Gasteiger partial charge in [0.15, 0.2) is 23.4 Å². The molecule has 5 rings (SSSR count). The van der Waals surface area contributed by atoms with Crippen LogP contribution in [0.2, 0.25) is 0 Å². The summed E-state index contributed by atoms with van der Waals surface area (Å²) < 4.78 is 14.0. The van der Waals surface area contributed by atoms with E-state index < -0.39 is 0 Å². The number of hydrogen-bond acceptors (Lipinski definition) is 6. The van der Waals surface area contributed by atoms with Gasteiger partial charge in [-0.15, -0.1) is 10.2 Å². The lowest BCUT2D eigenvalue weighted by Crippen LogP contribution is -2.33. The molecule has 1 aliphatic heterocycles. The summed E-state index contributed by atoms with van der Waals surface area (Å²) in [5.41, 5.74) is 3.39. The van der Waals surface area contributed by atoms with Crippen LogP contribution in [0.4, 0.5) is 0 Å². The van der Waals surface area contributed by atoms with E-state index in [0.717, 1.165) is 28.5 Å². The first-order valence-electron chi connectivity index (χ1n) is 10.5. The second-order valence-electron chi connectivity index (χ2n) is 7.83. The van der Waals surface area contributed by atoms with Gasteiger partial charge >= 0.3 is 0 Å². The number of para-hydroxylation sites is 2. The average molecular weight is 429 g/mol. The predicted molar refractivity (Wildman–Crippen MR) is 118 cm³/mol. The number of fused-ring (bicyclic) bond motifs is 1. The molecule has 2 aromatic carbocycles. The van der Waals surface area contributed by atoms with Crippen LogP contribution in [0.3, 0.4) is 0 Å². The van der Waals surface area contributed by atoms with Crippen molar-refractivity contribution in [3.63, 3.8) is 0 Å². The SMILES string of the molecule is Cc1cc(C(=O)Cn2nnc(-c3ccccc3)n2)c(C)n1C[C@@H]1COc2ccccc2O1. The van der Waals surface area contributed by atoms with Crippen LogP contribution >= 0.6 is 0 Å². The Morgan fingerprint density at radius 1 is 1.06 bits per heavy atom. The molecule has 0 fully saturated rings. The van der Waals surface area contributed by atoms with Gasteiger partial charge in [0.25, 0.3) is 0 Å². The van der Waals surface area contributed by atoms with Crippen molar-refractivity contribution in [2.75, 3.05) is 6.61 Å². The van der Waals surface area contributed by atoms with Crippen LogP contribution < -0.4 is 9.47 Å². The number of benzene rings is 2. The number of aryl methyl sites for hydroxylation is 1. The minimum atomic E-state index is -0.136. The second kappa shape index (κ2) is 8.30. The number of ether oxygens (including phenoxy) is 2. The standard InChI is InChI=1S/C24H23N5O3/c1-16-12-20(21(30)14-29-26-24(25-27-29)18-8-4-3-5-9-18)17(2)28(16)13-19-15-31-22-10-6-7-11-23(22)32-19/h3-12,19H,13-15H2,1-2H3/t19-/m1/s1. The molecule has 1 aliphatic rings. The van der Waals surface area contributed by atoms with E-state index in [4.69, 9.17) is 9.47 Å². The molecule has 0 saturated heterocycles. The molecular formula is C24H23N5O3. The fraction of sp³-hybridized carbons (Fsp3) is 0.250. The van der Waals surface area contributed by atoms with Gasteiger partial charge < -0.3 is 14.0 Å². The summed E-state index contributed by atoms with van der Waals surface area (Å²) in [6.07, 6.45) is -0.136. The summed E-state index contributed by atoms with van der Waals surface area (Å²) in [7, 11) is 0. The fourth-order valence-corrected chi connectivity index (χ4v) is 3.95. The zero-order valence-electron chi connectivity index (χ0n) is 17.9. The van der Waals surface area contributed by atoms with E-state index in [0.29, 0.717) is 24.5 Å². The first-order chi connectivity index (χ1) is 15.6. The Hall–Kier alpha value is -3.94. The van der Waals surface area contributed by atoms with Gasteiger partial charge in [-0.25, -0.2) is 0 Å². The Bertz CT molecular complexity index is 1260. The lowest BCUT2D eigenvalue weighted by atomic mass is 10.1. The summed E-state index contributed by atoms with van der Waals surface area (Å²) in [5.74, 6) is 1.94. The molecule has 162 valence electrons. The molecule has 4 aromatic rings. The Balaban J connectivity index is 1.30. The molecule has 3 heterocycles. The highest BCUT2D eigenvalue weighted by atomic mass is 16.6. The second-order valence-corrected chi connectivity index (χ2v) is 7.83. The maximum Gasteiger partial charge on any atom is 0.204 e. The predicted octanol–water partition coefficient (Wildman–Crippen LogP) is 3.48. The van der Waals surface area contributed by atoms with Crippen LogP contribution in [-0.2, 0) is 13.1 Å². The topological polar surface area (TPSA) is 84.1 Å². The van der Waals surface area contributed by atoms with Crippen molar-refractivity contribution in [2.45, 2.75) is 33.0 Å². The summed E-state index contributed by atoms with van der Waals surface area (Å²) in [4.78, 5) is 14.3. The van der Waals surface area contributed by atoms with E-state index in [1.165, 1.54) is 4.80 Å². The van der Waals surface area contributed by atoms with Crippen molar-refractivity contribution in [3.8, 4) is 22.9 Å². The third-order valence-corrected chi connectivity index (χ3v) is 5.60. The summed E-state index contributed by atoms with van der Waals surface area (Å²) in [6, 6.07) is 19.1. The normalized spacial score (nSPS) is 15.0. The van der Waals surface area contributed by atoms with Crippen molar-refractivity contribution in [3.05, 3.63) is 77.6 Å². The summed E-state index contributed by atoms with van der Waals surface area (Å²) in [6.45, 7) is 5.02. The van der Waals surface area contributed by atoms with Gasteiger partial charge in [0.05, 0.1) is 6.54 Å². The fourth-order valence-electron chi connectivity index (χ4n) is 3.95. The molecule has 2 aromatic heterocycles. The van der Waals surface area contributed by atoms with Crippen LogP contribution in [0.1, 0.15) is 21.7 Å². The number of hydrogen-bond donors (Lipinski definition) is 0. The van der Waals surface area contributed by atoms with Crippen LogP contribution in [0.15, 0.2) is 60.7 Å². The Morgan fingerprint density at radius 2 is 1.81 bits per heavy atom. The van der Waals surface area contributed by atoms with Crippen molar-refractivity contribution in [2.24, 2.45) is 0 Å². The van der Waals surface area contributed by atoms with E-state index in [-0.39, 0.29) is 18.4 Å². The quantitative estimate of drug-likeness (QED) is 0.437. The van der Waals surface area contributed by atoms with Crippen LogP contribution in [0.25, 0.3) is 11.4 Å². The molecule has 0 amide bonds. The molecule has 0 spiro atoms. The minimum absolute atomic E-state index is 0.0283. The molecule has 0 unspecified atom stereocenters. The first kappa shape index (κ1) is 20.0. The van der Waals surface area contributed by atoms with E-state index in [9.17, 15) is 4.79 Å². The zero-order chi connectivity index (χ0) is 22.1. The molecule has 8 heteroatoms. The highest BCUT2D eigenvalue weighted by Crippen LogP contribution is 2.31. The van der Waals surface area contributed by atoms with Crippen molar-refractivity contribution in [1.82, 2.24) is 24.8 Å². The van der Waals surface area contributed by atoms with Gasteiger partial charge in [0.2, 0.25) is 5.82 Å². The number of aromatic nitrogens is 5. The molecule has 32 heavy (non-hydrogen) atoms. The van der Waals surface area contributed by atoms with E-state index in [1.54, 1.807) is 0 Å². The van der Waals surface area contributed by atoms with Crippen LogP contribution in [-0.4, -0.2) is 43.3 Å². The monoisotopic (exact) mass is 429 g/mol. The molecule has 0 bridgehead atoms. The smallest absolute Gasteiger partial charge is 0.204 e. The number of Topliss-reactive ketones (excluding diaryl/α,β-unsaturated/α-hetero) is 1. The van der Waals surface area contributed by atoms with Crippen molar-refractivity contribution in [1.29, 1.82) is 0 Å². The summed E-state index contributed by atoms with van der Waals surface area (Å²) in [5, 5.41) is 12.5. The lowest BCUT2D eigenvalue weighted by molar-refractivity contribution is 0.0777. The van der Waals surface area contributed by atoms with E-state index in [2.05, 4.69) is 20.0 Å². The van der Waals surface area contributed by atoms with Gasteiger partial charge in [-0.1, -0.05) is 42.5 Å². The molecule has 0 aliphatic carbocycles. The van der Waals surface area contributed by atoms with Crippen molar-refractivity contribution >= 4 is 5.78 Å². The number of carbonyl (C=O) groups excluding carboxylic acids is 1. The Morgan fingerprint density at radius 3 is 2.62 bits per heavy atom. The van der Waals surface area contributed by atoms with Gasteiger partial charge in [-0.2, -0.15) is 4.80 Å². The third-order valence-electron chi connectivity index (χ3n) is 5.60. The molecule has 1 atom stereocenters. The summed E-state index contributed by atoms with van der Waals surface area (Å²) >= 11 is 0. The van der Waals surface area contributed by atoms with Crippen LogP contribution in [0, 0.1) is 13.8 Å². The van der Waals surface area contributed by atoms with Gasteiger partial charge in [-0.05, 0) is 37.3 Å². The van der Waals surface area contributed by atoms with Gasteiger partial charge in [0, 0.05) is 22.5 Å². The molecule has 0 saturated carbocycles. The first-order valence-corrected chi connectivity index (χ1v) is 10.5. The molecule has 8 nitrogen and oxygen atoms in total. The number of ketones is 1. The largest absolute Gasteiger partial charge is 0.486 e. The average Bonchev–Trinajstić information content (AvgIpc) is 3.39. The third kappa shape index (κ3) is 3.87. The van der Waals surface area contributed by atoms with Gasteiger partial charge in [-0.3, -0.25) is 4.79 Å². The molecule has 0 radical (unpaired) electrons. The number of carbonyl (C=O) groups is 1. The highest BCUT2D eigenvalue weighted by molar-refractivity contribution is 5.97.